The summed E-state index contributed by atoms with van der Waals surface area (Å²) in [7, 11) is -3.99. The van der Waals surface area contributed by atoms with Crippen LogP contribution in [0.4, 0.5) is 13.2 Å². The smallest absolute Gasteiger partial charge is 0.506 e. The summed E-state index contributed by atoms with van der Waals surface area (Å²) in [6, 6.07) is 12.3. The maximum Gasteiger partial charge on any atom is 0.573 e. The summed E-state index contributed by atoms with van der Waals surface area (Å²) in [5.74, 6) is 0.0216. The van der Waals surface area contributed by atoms with E-state index in [4.69, 9.17) is 16.3 Å². The van der Waals surface area contributed by atoms with Crippen molar-refractivity contribution in [2.75, 3.05) is 0 Å². The van der Waals surface area contributed by atoms with E-state index in [1.54, 1.807) is 26.0 Å². The molecule has 7 nitrogen and oxygen atoms in total. The third kappa shape index (κ3) is 7.27. The molecule has 0 unspecified atom stereocenters. The van der Waals surface area contributed by atoms with E-state index >= 15 is 0 Å². The van der Waals surface area contributed by atoms with Gasteiger partial charge in [-0.15, -0.1) is 13.2 Å². The molecule has 12 heteroatoms. The zero-order chi connectivity index (χ0) is 25.8. The predicted molar refractivity (Wildman–Crippen MR) is 124 cm³/mol. The van der Waals surface area contributed by atoms with Crippen molar-refractivity contribution in [1.82, 2.24) is 4.83 Å². The first-order valence-electron chi connectivity index (χ1n) is 9.96. The molecule has 0 heterocycles. The van der Waals surface area contributed by atoms with Gasteiger partial charge in [-0.3, -0.25) is 0 Å². The number of hydrogen-bond acceptors (Lipinski definition) is 6. The molecule has 0 atom stereocenters. The van der Waals surface area contributed by atoms with Gasteiger partial charge in [0.2, 0.25) is 0 Å². The molecule has 0 aromatic heterocycles. The molecule has 0 aliphatic rings. The Labute approximate surface area is 204 Å². The second-order valence-corrected chi connectivity index (χ2v) is 9.50. The summed E-state index contributed by atoms with van der Waals surface area (Å²) in [6.07, 6.45) is -3.43. The number of nitrogens with one attached hydrogen (secondary N) is 1. The molecular weight excluding hydrogens is 509 g/mol. The lowest BCUT2D eigenvalue weighted by molar-refractivity contribution is -0.274. The minimum Gasteiger partial charge on any atom is -0.506 e. The van der Waals surface area contributed by atoms with Gasteiger partial charge in [-0.1, -0.05) is 23.7 Å². The van der Waals surface area contributed by atoms with E-state index in [0.717, 1.165) is 23.3 Å². The predicted octanol–water partition coefficient (Wildman–Crippen LogP) is 5.45. The fraction of sp³-hybridized carbons (Fsp3) is 0.174. The summed E-state index contributed by atoms with van der Waals surface area (Å²) < 4.78 is 71.2. The van der Waals surface area contributed by atoms with Gasteiger partial charge >= 0.3 is 6.36 Å². The fourth-order valence-corrected chi connectivity index (χ4v) is 4.17. The lowest BCUT2D eigenvalue weighted by Crippen LogP contribution is -2.18. The summed E-state index contributed by atoms with van der Waals surface area (Å²) in [6.45, 7) is 3.71. The van der Waals surface area contributed by atoms with Gasteiger partial charge in [0.05, 0.1) is 16.1 Å². The Morgan fingerprint density at radius 2 is 1.69 bits per heavy atom. The highest BCUT2D eigenvalue weighted by Crippen LogP contribution is 2.27. The van der Waals surface area contributed by atoms with Crippen LogP contribution >= 0.6 is 11.6 Å². The van der Waals surface area contributed by atoms with E-state index in [2.05, 4.69) is 14.7 Å². The van der Waals surface area contributed by atoms with Crippen LogP contribution < -0.4 is 14.3 Å². The third-order valence-corrected chi connectivity index (χ3v) is 6.16. The van der Waals surface area contributed by atoms with Crippen LogP contribution in [-0.4, -0.2) is 26.1 Å². The van der Waals surface area contributed by atoms with E-state index in [1.807, 2.05) is 0 Å². The summed E-state index contributed by atoms with van der Waals surface area (Å²) in [5, 5.41) is 13.1. The maximum absolute atomic E-state index is 12.3. The van der Waals surface area contributed by atoms with E-state index in [1.165, 1.54) is 36.5 Å². The van der Waals surface area contributed by atoms with Crippen molar-refractivity contribution in [3.05, 3.63) is 81.9 Å². The Morgan fingerprint density at radius 1 is 1.06 bits per heavy atom. The third-order valence-electron chi connectivity index (χ3n) is 4.64. The molecule has 2 N–H and O–H groups in total. The van der Waals surface area contributed by atoms with Crippen LogP contribution in [0.2, 0.25) is 5.02 Å². The topological polar surface area (TPSA) is 97.2 Å². The van der Waals surface area contributed by atoms with Crippen molar-refractivity contribution >= 4 is 27.8 Å². The quantitative estimate of drug-likeness (QED) is 0.299. The minimum atomic E-state index is -4.75. The summed E-state index contributed by atoms with van der Waals surface area (Å²) >= 11 is 5.76. The van der Waals surface area contributed by atoms with Crippen molar-refractivity contribution < 1.29 is 36.2 Å². The molecule has 0 spiro atoms. The number of aromatic hydroxyl groups is 1. The lowest BCUT2D eigenvalue weighted by atomic mass is 10.1. The Bertz CT molecular complexity index is 1320. The highest BCUT2D eigenvalue weighted by molar-refractivity contribution is 7.89. The number of phenols is 1. The number of benzene rings is 3. The Kier molecular flexibility index (Phi) is 7.81. The average molecular weight is 529 g/mol. The van der Waals surface area contributed by atoms with Gasteiger partial charge in [0.1, 0.15) is 23.9 Å². The van der Waals surface area contributed by atoms with Gasteiger partial charge in [-0.2, -0.15) is 13.5 Å². The number of sulfonamides is 1. The molecule has 0 bridgehead atoms. The van der Waals surface area contributed by atoms with E-state index in [9.17, 15) is 26.7 Å². The Hall–Kier alpha value is -3.44. The second-order valence-electron chi connectivity index (χ2n) is 7.43. The standard InChI is InChI=1S/C23H20ClF3N2O5S/c1-14-9-17(12-28-29-35(31,32)19-7-8-21(30)20(24)11-19)10-15(2)22(14)33-13-16-3-5-18(6-4-16)34-23(25,26)27/h3-12,29-30H,13H2,1-2H3/b28-12-. The van der Waals surface area contributed by atoms with Crippen molar-refractivity contribution in [2.45, 2.75) is 31.7 Å². The van der Waals surface area contributed by atoms with E-state index in [-0.39, 0.29) is 28.0 Å². The Morgan fingerprint density at radius 3 is 2.26 bits per heavy atom. The fourth-order valence-electron chi connectivity index (χ4n) is 3.11. The number of halogens is 4. The number of hydrogen-bond donors (Lipinski definition) is 2. The number of phenolic OH excluding ortho intramolecular Hbond substituents is 1. The van der Waals surface area contributed by atoms with Crippen LogP contribution in [0.5, 0.6) is 17.2 Å². The van der Waals surface area contributed by atoms with Crippen LogP contribution in [0.25, 0.3) is 0 Å². The maximum atomic E-state index is 12.3. The van der Waals surface area contributed by atoms with Crippen molar-refractivity contribution in [3.8, 4) is 17.2 Å². The number of aryl methyl sites for hydroxylation is 2. The number of hydrazone groups is 1. The van der Waals surface area contributed by atoms with Gasteiger partial charge in [0.25, 0.3) is 10.0 Å². The van der Waals surface area contributed by atoms with Gasteiger partial charge in [-0.25, -0.2) is 4.83 Å². The normalized spacial score (nSPS) is 12.1. The largest absolute Gasteiger partial charge is 0.573 e. The lowest BCUT2D eigenvalue weighted by Gasteiger charge is -2.14. The molecule has 0 amide bonds. The molecule has 0 aliphatic heterocycles. The van der Waals surface area contributed by atoms with Gasteiger partial charge in [-0.05, 0) is 78.6 Å². The first-order valence-corrected chi connectivity index (χ1v) is 11.8. The minimum absolute atomic E-state index is 0.107. The van der Waals surface area contributed by atoms with Crippen LogP contribution in [0.1, 0.15) is 22.3 Å². The number of rotatable bonds is 8. The Balaban J connectivity index is 1.65. The molecule has 186 valence electrons. The highest BCUT2D eigenvalue weighted by Gasteiger charge is 2.30. The molecule has 0 radical (unpaired) electrons. The second kappa shape index (κ2) is 10.4. The van der Waals surface area contributed by atoms with Gasteiger partial charge < -0.3 is 14.6 Å². The van der Waals surface area contributed by atoms with Crippen molar-refractivity contribution in [3.63, 3.8) is 0 Å². The zero-order valence-corrected chi connectivity index (χ0v) is 20.0. The molecular formula is C23H20ClF3N2O5S. The first-order chi connectivity index (χ1) is 16.3. The summed E-state index contributed by atoms with van der Waals surface area (Å²) in [5.41, 5.74) is 2.74. The van der Waals surface area contributed by atoms with Crippen molar-refractivity contribution in [2.24, 2.45) is 5.10 Å². The van der Waals surface area contributed by atoms with Crippen LogP contribution in [-0.2, 0) is 16.6 Å². The molecule has 3 rings (SSSR count). The van der Waals surface area contributed by atoms with Crippen LogP contribution in [0.15, 0.2) is 64.6 Å². The molecule has 3 aromatic carbocycles. The number of nitrogens with zero attached hydrogens (tertiary/aromatic N) is 1. The van der Waals surface area contributed by atoms with Gasteiger partial charge in [0, 0.05) is 0 Å². The number of ether oxygens (including phenoxy) is 2. The van der Waals surface area contributed by atoms with E-state index in [0.29, 0.717) is 16.9 Å². The molecule has 0 saturated heterocycles. The highest BCUT2D eigenvalue weighted by atomic mass is 35.5. The average Bonchev–Trinajstić information content (AvgIpc) is 2.75. The summed E-state index contributed by atoms with van der Waals surface area (Å²) in [4.78, 5) is 1.92. The molecule has 3 aromatic rings. The van der Waals surface area contributed by atoms with Crippen molar-refractivity contribution in [1.29, 1.82) is 0 Å². The molecule has 0 saturated carbocycles. The van der Waals surface area contributed by atoms with Crippen LogP contribution in [0, 0.1) is 13.8 Å². The SMILES string of the molecule is Cc1cc(/C=N\NS(=O)(=O)c2ccc(O)c(Cl)c2)cc(C)c1OCc1ccc(OC(F)(F)F)cc1. The molecule has 0 fully saturated rings. The zero-order valence-electron chi connectivity index (χ0n) is 18.4. The van der Waals surface area contributed by atoms with Crippen LogP contribution in [0.3, 0.4) is 0 Å². The molecule has 35 heavy (non-hydrogen) atoms. The first kappa shape index (κ1) is 26.2. The molecule has 0 aliphatic carbocycles. The van der Waals surface area contributed by atoms with E-state index < -0.39 is 16.4 Å². The monoisotopic (exact) mass is 528 g/mol. The number of alkyl halides is 3. The van der Waals surface area contributed by atoms with Gasteiger partial charge in [0.15, 0.2) is 0 Å².